The molecule has 0 spiro atoms. The Hall–Kier alpha value is -1.57. The molecule has 0 aromatic carbocycles. The van der Waals surface area contributed by atoms with Gasteiger partial charge in [-0.3, -0.25) is 0 Å². The normalized spacial score (nSPS) is 42.9. The van der Waals surface area contributed by atoms with Gasteiger partial charge < -0.3 is 49.6 Å². The van der Waals surface area contributed by atoms with Gasteiger partial charge in [-0.05, 0) is 12.0 Å². The van der Waals surface area contributed by atoms with Crippen LogP contribution in [0.15, 0.2) is 23.5 Å². The topological polar surface area (TPSA) is 175 Å². The molecule has 3 rings (SSSR count). The van der Waals surface area contributed by atoms with Crippen LogP contribution >= 0.6 is 0 Å². The van der Waals surface area contributed by atoms with Crippen LogP contribution in [-0.4, -0.2) is 99.5 Å². The summed E-state index contributed by atoms with van der Waals surface area (Å²) in [5.41, 5.74) is -1.60. The number of aliphatic hydroxyl groups is 6. The first-order valence-corrected chi connectivity index (χ1v) is 8.71. The minimum absolute atomic E-state index is 0.00754. The Balaban J connectivity index is 1.86. The quantitative estimate of drug-likeness (QED) is 0.202. The molecule has 1 saturated heterocycles. The Labute approximate surface area is 160 Å². The van der Waals surface area contributed by atoms with Crippen molar-refractivity contribution in [1.82, 2.24) is 0 Å². The Morgan fingerprint density at radius 1 is 1.21 bits per heavy atom. The van der Waals surface area contributed by atoms with Crippen LogP contribution in [0.3, 0.4) is 0 Å². The van der Waals surface area contributed by atoms with E-state index in [0.29, 0.717) is 5.57 Å². The maximum absolute atomic E-state index is 12.0. The van der Waals surface area contributed by atoms with E-state index in [1.165, 1.54) is 0 Å². The average molecular weight is 404 g/mol. The first-order chi connectivity index (χ1) is 13.3. The fraction of sp³-hybridized carbons (Fsp3) is 0.706. The lowest BCUT2D eigenvalue weighted by molar-refractivity contribution is -0.343. The van der Waals surface area contributed by atoms with Crippen molar-refractivity contribution in [1.29, 1.82) is 0 Å². The highest BCUT2D eigenvalue weighted by molar-refractivity contribution is 5.91. The molecule has 2 aliphatic heterocycles. The number of methoxy groups -OCH3 is 1. The smallest absolute Gasteiger partial charge is 0.339 e. The number of ether oxygens (including phenoxy) is 4. The van der Waals surface area contributed by atoms with Gasteiger partial charge in [-0.1, -0.05) is 6.08 Å². The second-order valence-electron chi connectivity index (χ2n) is 6.90. The van der Waals surface area contributed by atoms with E-state index in [4.69, 9.17) is 14.2 Å². The van der Waals surface area contributed by atoms with E-state index in [2.05, 4.69) is 4.74 Å². The zero-order chi connectivity index (χ0) is 20.6. The second-order valence-corrected chi connectivity index (χ2v) is 6.90. The van der Waals surface area contributed by atoms with E-state index < -0.39 is 67.7 Å². The number of carbonyl (C=O) groups excluding carboxylic acids is 1. The number of fused-ring (bicyclic) bond motifs is 1. The van der Waals surface area contributed by atoms with Crippen molar-refractivity contribution in [2.24, 2.45) is 5.92 Å². The number of aliphatic hydroxyl groups excluding tert-OH is 5. The predicted octanol–water partition coefficient (Wildman–Crippen LogP) is -3.11. The maximum atomic E-state index is 12.0. The molecule has 28 heavy (non-hydrogen) atoms. The van der Waals surface area contributed by atoms with Gasteiger partial charge in [-0.25, -0.2) is 4.79 Å². The lowest BCUT2D eigenvalue weighted by Crippen LogP contribution is -2.61. The summed E-state index contributed by atoms with van der Waals surface area (Å²) < 4.78 is 20.9. The molecule has 8 atom stereocenters. The van der Waals surface area contributed by atoms with E-state index in [0.717, 1.165) is 13.4 Å². The van der Waals surface area contributed by atoms with E-state index >= 15 is 0 Å². The zero-order valence-corrected chi connectivity index (χ0v) is 15.0. The lowest BCUT2D eigenvalue weighted by atomic mass is 9.79. The number of hydrogen-bond donors (Lipinski definition) is 6. The third-order valence-corrected chi connectivity index (χ3v) is 5.35. The lowest BCUT2D eigenvalue weighted by Gasteiger charge is -2.44. The molecule has 2 heterocycles. The number of carbonyl (C=O) groups is 1. The summed E-state index contributed by atoms with van der Waals surface area (Å²) in [7, 11) is 1.15. The minimum Gasteiger partial charge on any atom is -0.471 e. The molecule has 1 aliphatic carbocycles. The molecule has 1 fully saturated rings. The third kappa shape index (κ3) is 3.33. The maximum Gasteiger partial charge on any atom is 0.339 e. The molecule has 11 nitrogen and oxygen atoms in total. The van der Waals surface area contributed by atoms with Gasteiger partial charge in [0.1, 0.15) is 35.6 Å². The molecule has 11 heteroatoms. The molecule has 6 N–H and O–H groups in total. The van der Waals surface area contributed by atoms with Crippen molar-refractivity contribution in [3.8, 4) is 0 Å². The van der Waals surface area contributed by atoms with Crippen LogP contribution in [0.4, 0.5) is 0 Å². The molecule has 7 unspecified atom stereocenters. The molecule has 0 saturated carbocycles. The van der Waals surface area contributed by atoms with Crippen LogP contribution in [-0.2, 0) is 23.7 Å². The monoisotopic (exact) mass is 404 g/mol. The SMILES string of the molecule is COC(=O)C1=COC(OC2OC(CO)C(O)C(O)C2O)C2C(CO)=CC[C@]12O. The fourth-order valence-corrected chi connectivity index (χ4v) is 3.76. The van der Waals surface area contributed by atoms with E-state index in [1.54, 1.807) is 6.08 Å². The van der Waals surface area contributed by atoms with Crippen molar-refractivity contribution in [3.05, 3.63) is 23.5 Å². The Bertz CT molecular complexity index is 659. The summed E-state index contributed by atoms with van der Waals surface area (Å²) in [6.07, 6.45) is -6.39. The molecule has 3 aliphatic rings. The molecule has 0 aromatic heterocycles. The Kier molecular flexibility index (Phi) is 6.08. The van der Waals surface area contributed by atoms with Crippen molar-refractivity contribution >= 4 is 5.97 Å². The van der Waals surface area contributed by atoms with Gasteiger partial charge in [-0.15, -0.1) is 0 Å². The number of hydrogen-bond acceptors (Lipinski definition) is 11. The highest BCUT2D eigenvalue weighted by atomic mass is 16.8. The fourth-order valence-electron chi connectivity index (χ4n) is 3.76. The molecule has 0 amide bonds. The average Bonchev–Trinajstić information content (AvgIpc) is 3.05. The van der Waals surface area contributed by atoms with Crippen molar-refractivity contribution in [3.63, 3.8) is 0 Å². The van der Waals surface area contributed by atoms with Crippen LogP contribution in [0.1, 0.15) is 6.42 Å². The van der Waals surface area contributed by atoms with Crippen molar-refractivity contribution < 1.29 is 54.4 Å². The van der Waals surface area contributed by atoms with Gasteiger partial charge >= 0.3 is 5.97 Å². The second kappa shape index (κ2) is 8.05. The molecular formula is C17H24O11. The summed E-state index contributed by atoms with van der Waals surface area (Å²) in [4.78, 5) is 12.0. The number of rotatable bonds is 5. The third-order valence-electron chi connectivity index (χ3n) is 5.35. The molecule has 0 radical (unpaired) electrons. The highest BCUT2D eigenvalue weighted by Gasteiger charge is 2.57. The number of esters is 1. The van der Waals surface area contributed by atoms with Crippen LogP contribution < -0.4 is 0 Å². The van der Waals surface area contributed by atoms with Crippen LogP contribution in [0.2, 0.25) is 0 Å². The standard InChI is InChI=1S/C17H24O11/c1-25-14(23)8-6-26-15(10-7(4-18)2-3-17(8,10)24)28-16-13(22)12(21)11(20)9(5-19)27-16/h2,6,9-13,15-16,18-22,24H,3-5H2,1H3/t9?,10?,11?,12?,13?,15?,16?,17-/m0/s1. The van der Waals surface area contributed by atoms with Gasteiger partial charge in [0.05, 0.1) is 32.5 Å². The van der Waals surface area contributed by atoms with Crippen LogP contribution in [0, 0.1) is 5.92 Å². The first-order valence-electron chi connectivity index (χ1n) is 8.71. The van der Waals surface area contributed by atoms with Crippen molar-refractivity contribution in [2.45, 2.75) is 49.0 Å². The predicted molar refractivity (Wildman–Crippen MR) is 88.0 cm³/mol. The zero-order valence-electron chi connectivity index (χ0n) is 15.0. The van der Waals surface area contributed by atoms with Crippen LogP contribution in [0.25, 0.3) is 0 Å². The van der Waals surface area contributed by atoms with E-state index in [9.17, 15) is 35.4 Å². The van der Waals surface area contributed by atoms with Crippen LogP contribution in [0.5, 0.6) is 0 Å². The summed E-state index contributed by atoms with van der Waals surface area (Å²) in [5, 5.41) is 59.9. The summed E-state index contributed by atoms with van der Waals surface area (Å²) in [6.45, 7) is -1.09. The van der Waals surface area contributed by atoms with Gasteiger partial charge in [0.2, 0.25) is 6.29 Å². The first kappa shape index (κ1) is 21.1. The summed E-state index contributed by atoms with van der Waals surface area (Å²) >= 11 is 0. The van der Waals surface area contributed by atoms with Gasteiger partial charge in [0.25, 0.3) is 0 Å². The minimum atomic E-state index is -1.78. The van der Waals surface area contributed by atoms with E-state index in [1.807, 2.05) is 0 Å². The molecule has 158 valence electrons. The van der Waals surface area contributed by atoms with Gasteiger partial charge in [0.15, 0.2) is 6.29 Å². The molecular weight excluding hydrogens is 380 g/mol. The summed E-state index contributed by atoms with van der Waals surface area (Å²) in [6, 6.07) is 0. The highest BCUT2D eigenvalue weighted by Crippen LogP contribution is 2.47. The largest absolute Gasteiger partial charge is 0.471 e. The summed E-state index contributed by atoms with van der Waals surface area (Å²) in [5.74, 6) is -1.84. The van der Waals surface area contributed by atoms with Crippen molar-refractivity contribution in [2.75, 3.05) is 20.3 Å². The molecule has 0 aromatic rings. The molecule has 0 bridgehead atoms. The van der Waals surface area contributed by atoms with Gasteiger partial charge in [0, 0.05) is 0 Å². The Morgan fingerprint density at radius 3 is 2.54 bits per heavy atom. The van der Waals surface area contributed by atoms with E-state index in [-0.39, 0.29) is 12.0 Å². The van der Waals surface area contributed by atoms with Gasteiger partial charge in [-0.2, -0.15) is 0 Å². The Morgan fingerprint density at radius 2 is 1.93 bits per heavy atom.